The highest BCUT2D eigenvalue weighted by atomic mass is 35.5. The van der Waals surface area contributed by atoms with Gasteiger partial charge in [0.2, 0.25) is 10.0 Å². The van der Waals surface area contributed by atoms with E-state index in [0.717, 1.165) is 32.4 Å². The van der Waals surface area contributed by atoms with Gasteiger partial charge in [0.05, 0.1) is 15.4 Å². The van der Waals surface area contributed by atoms with Crippen LogP contribution >= 0.6 is 23.2 Å². The number of benzene rings is 2. The van der Waals surface area contributed by atoms with Gasteiger partial charge >= 0.3 is 0 Å². The number of nitrogens with zero attached hydrogens (tertiary/aromatic N) is 4. The summed E-state index contributed by atoms with van der Waals surface area (Å²) in [6, 6.07) is 11.6. The molecule has 9 heteroatoms. The SMILES string of the molecule is O=S(=O)([N-]c1nc2ccccc2nc1N1CCCCC1)c1cc(Cl)ccc1Cl. The van der Waals surface area contributed by atoms with Crippen molar-refractivity contribution < 1.29 is 8.42 Å². The molecule has 0 N–H and O–H groups in total. The van der Waals surface area contributed by atoms with Crippen molar-refractivity contribution in [2.24, 2.45) is 0 Å². The molecule has 6 nitrogen and oxygen atoms in total. The molecule has 0 aliphatic carbocycles. The van der Waals surface area contributed by atoms with E-state index >= 15 is 0 Å². The van der Waals surface area contributed by atoms with Crippen LogP contribution in [0.15, 0.2) is 47.4 Å². The zero-order chi connectivity index (χ0) is 19.7. The molecule has 0 bridgehead atoms. The molecule has 2 heterocycles. The fourth-order valence-corrected chi connectivity index (χ4v) is 4.88. The number of para-hydroxylation sites is 2. The van der Waals surface area contributed by atoms with E-state index < -0.39 is 10.0 Å². The maximum absolute atomic E-state index is 12.9. The van der Waals surface area contributed by atoms with Crippen LogP contribution in [0, 0.1) is 0 Å². The Morgan fingerprint density at radius 3 is 2.32 bits per heavy atom. The molecule has 0 atom stereocenters. The van der Waals surface area contributed by atoms with Gasteiger partial charge < -0.3 is 14.6 Å². The van der Waals surface area contributed by atoms with E-state index in [9.17, 15) is 8.42 Å². The van der Waals surface area contributed by atoms with E-state index in [4.69, 9.17) is 23.2 Å². The summed E-state index contributed by atoms with van der Waals surface area (Å²) in [7, 11) is -4.12. The molecule has 0 radical (unpaired) electrons. The first-order valence-electron chi connectivity index (χ1n) is 8.89. The molecule has 4 rings (SSSR count). The third kappa shape index (κ3) is 3.87. The van der Waals surface area contributed by atoms with Gasteiger partial charge in [-0.25, -0.2) is 13.4 Å². The molecule has 28 heavy (non-hydrogen) atoms. The molecular weight excluding hydrogens is 419 g/mol. The lowest BCUT2D eigenvalue weighted by atomic mass is 10.1. The maximum atomic E-state index is 12.9. The molecule has 0 unspecified atom stereocenters. The Morgan fingerprint density at radius 2 is 1.61 bits per heavy atom. The minimum Gasteiger partial charge on any atom is -0.431 e. The number of rotatable bonds is 4. The number of fused-ring (bicyclic) bond motifs is 1. The molecule has 0 spiro atoms. The zero-order valence-corrected chi connectivity index (χ0v) is 17.2. The molecule has 146 valence electrons. The van der Waals surface area contributed by atoms with Gasteiger partial charge in [0.1, 0.15) is 5.82 Å². The van der Waals surface area contributed by atoms with E-state index in [0.29, 0.717) is 16.9 Å². The quantitative estimate of drug-likeness (QED) is 0.553. The highest BCUT2D eigenvalue weighted by Gasteiger charge is 2.19. The predicted octanol–water partition coefficient (Wildman–Crippen LogP) is 5.32. The van der Waals surface area contributed by atoms with Crippen molar-refractivity contribution in [2.75, 3.05) is 18.0 Å². The van der Waals surface area contributed by atoms with Crippen LogP contribution in [0.5, 0.6) is 0 Å². The van der Waals surface area contributed by atoms with Crippen molar-refractivity contribution >= 4 is 55.9 Å². The van der Waals surface area contributed by atoms with Gasteiger partial charge in [0, 0.05) is 18.1 Å². The lowest BCUT2D eigenvalue weighted by Gasteiger charge is -2.32. The molecule has 1 fully saturated rings. The molecule has 3 aromatic rings. The van der Waals surface area contributed by atoms with E-state index in [1.54, 1.807) is 6.07 Å². The largest absolute Gasteiger partial charge is 0.431 e. The number of hydrogen-bond donors (Lipinski definition) is 0. The summed E-state index contributed by atoms with van der Waals surface area (Å²) >= 11 is 12.0. The fraction of sp³-hybridized carbons (Fsp3) is 0.263. The summed E-state index contributed by atoms with van der Waals surface area (Å²) in [4.78, 5) is 11.0. The van der Waals surface area contributed by atoms with Crippen molar-refractivity contribution in [1.29, 1.82) is 0 Å². The molecule has 0 amide bonds. The van der Waals surface area contributed by atoms with Crippen molar-refractivity contribution in [2.45, 2.75) is 24.2 Å². The van der Waals surface area contributed by atoms with E-state index in [-0.39, 0.29) is 20.8 Å². The molecule has 1 aliphatic rings. The van der Waals surface area contributed by atoms with E-state index in [1.165, 1.54) is 18.2 Å². The Balaban J connectivity index is 1.81. The molecular formula is C19H17Cl2N4O2S-. The minimum absolute atomic E-state index is 0.0569. The number of anilines is 1. The summed E-state index contributed by atoms with van der Waals surface area (Å²) in [6.07, 6.45) is 3.17. The average molecular weight is 436 g/mol. The summed E-state index contributed by atoms with van der Waals surface area (Å²) < 4.78 is 29.9. The number of piperidine rings is 1. The predicted molar refractivity (Wildman–Crippen MR) is 112 cm³/mol. The molecule has 0 saturated carbocycles. The van der Waals surface area contributed by atoms with Crippen LogP contribution in [0.3, 0.4) is 0 Å². The van der Waals surface area contributed by atoms with E-state index in [1.807, 2.05) is 23.1 Å². The molecule has 1 aromatic heterocycles. The van der Waals surface area contributed by atoms with Crippen molar-refractivity contribution in [1.82, 2.24) is 9.97 Å². The first-order valence-corrected chi connectivity index (χ1v) is 11.1. The third-order valence-electron chi connectivity index (χ3n) is 4.57. The van der Waals surface area contributed by atoms with Crippen LogP contribution in [0.2, 0.25) is 10.0 Å². The first-order chi connectivity index (χ1) is 13.4. The highest BCUT2D eigenvalue weighted by molar-refractivity contribution is 7.94. The number of hydrogen-bond acceptors (Lipinski definition) is 5. The summed E-state index contributed by atoms with van der Waals surface area (Å²) in [6.45, 7) is 1.57. The van der Waals surface area contributed by atoms with Gasteiger partial charge in [0.25, 0.3) is 0 Å². The second kappa shape index (κ2) is 7.73. The molecule has 2 aromatic carbocycles. The summed E-state index contributed by atoms with van der Waals surface area (Å²) in [5.74, 6) is 0.539. The minimum atomic E-state index is -4.12. The van der Waals surface area contributed by atoms with Gasteiger partial charge in [-0.05, 0) is 54.9 Å². The van der Waals surface area contributed by atoms with Crippen LogP contribution in [0.25, 0.3) is 15.8 Å². The highest BCUT2D eigenvalue weighted by Crippen LogP contribution is 2.38. The van der Waals surface area contributed by atoms with Crippen molar-refractivity contribution in [3.63, 3.8) is 0 Å². The Hall–Kier alpha value is -2.09. The fourth-order valence-electron chi connectivity index (χ4n) is 3.20. The van der Waals surface area contributed by atoms with E-state index in [2.05, 4.69) is 14.7 Å². The van der Waals surface area contributed by atoms with Gasteiger partial charge in [0.15, 0.2) is 0 Å². The Morgan fingerprint density at radius 1 is 0.929 bits per heavy atom. The second-order valence-electron chi connectivity index (χ2n) is 6.55. The summed E-state index contributed by atoms with van der Waals surface area (Å²) in [5.41, 5.74) is 1.27. The Labute approximate surface area is 173 Å². The molecule has 1 aliphatic heterocycles. The topological polar surface area (TPSA) is 77.3 Å². The number of halogens is 2. The van der Waals surface area contributed by atoms with Crippen LogP contribution < -0.4 is 4.90 Å². The van der Waals surface area contributed by atoms with Crippen molar-refractivity contribution in [3.05, 3.63) is 57.2 Å². The lowest BCUT2D eigenvalue weighted by Crippen LogP contribution is -2.30. The van der Waals surface area contributed by atoms with Gasteiger partial charge in [-0.1, -0.05) is 41.4 Å². The number of aromatic nitrogens is 2. The van der Waals surface area contributed by atoms with Crippen LogP contribution in [0.4, 0.5) is 11.6 Å². The van der Waals surface area contributed by atoms with Gasteiger partial charge in [-0.2, -0.15) is 0 Å². The first kappa shape index (κ1) is 19.2. The Bertz CT molecular complexity index is 1130. The van der Waals surface area contributed by atoms with Crippen LogP contribution in [-0.4, -0.2) is 31.5 Å². The van der Waals surface area contributed by atoms with Crippen molar-refractivity contribution in [3.8, 4) is 0 Å². The monoisotopic (exact) mass is 435 g/mol. The van der Waals surface area contributed by atoms with Gasteiger partial charge in [-0.15, -0.1) is 0 Å². The average Bonchev–Trinajstić information content (AvgIpc) is 2.69. The standard InChI is InChI=1S/C19H17Cl2N4O2S/c20-13-8-9-14(21)17(12-13)28(26,27)24-18-19(25-10-4-1-5-11-25)23-16-7-3-2-6-15(16)22-18/h2-3,6-9,12H,1,4-5,10-11H2/q-1. The Kier molecular flexibility index (Phi) is 5.31. The van der Waals surface area contributed by atoms with Crippen LogP contribution in [0.1, 0.15) is 19.3 Å². The third-order valence-corrected chi connectivity index (χ3v) is 6.55. The molecule has 1 saturated heterocycles. The van der Waals surface area contributed by atoms with Gasteiger partial charge in [-0.3, -0.25) is 0 Å². The maximum Gasteiger partial charge on any atom is 0.204 e. The summed E-state index contributed by atoms with van der Waals surface area (Å²) in [5, 5.41) is 0.320. The zero-order valence-electron chi connectivity index (χ0n) is 14.8. The van der Waals surface area contributed by atoms with Crippen LogP contribution in [-0.2, 0) is 10.0 Å². The second-order valence-corrected chi connectivity index (χ2v) is 8.96. The number of sulfonamides is 1. The smallest absolute Gasteiger partial charge is 0.204 e. The lowest BCUT2D eigenvalue weighted by molar-refractivity contribution is 0.574. The normalized spacial score (nSPS) is 15.0.